The molecular formula is C12H20N2O4. The summed E-state index contributed by atoms with van der Waals surface area (Å²) in [6.45, 7) is 3.95. The van der Waals surface area contributed by atoms with Crippen LogP contribution >= 0.6 is 0 Å². The van der Waals surface area contributed by atoms with Crippen molar-refractivity contribution in [3.63, 3.8) is 0 Å². The zero-order valence-corrected chi connectivity index (χ0v) is 10.8. The number of hydrogen-bond donors (Lipinski definition) is 3. The van der Waals surface area contributed by atoms with E-state index < -0.39 is 11.4 Å². The third-order valence-corrected chi connectivity index (χ3v) is 2.90. The van der Waals surface area contributed by atoms with Crippen LogP contribution in [-0.4, -0.2) is 35.5 Å². The quantitative estimate of drug-likeness (QED) is 0.658. The largest absolute Gasteiger partial charge is 0.481 e. The van der Waals surface area contributed by atoms with E-state index in [0.717, 1.165) is 0 Å². The van der Waals surface area contributed by atoms with Crippen molar-refractivity contribution in [1.82, 2.24) is 10.6 Å². The summed E-state index contributed by atoms with van der Waals surface area (Å²) in [5.74, 6) is -1.06. The van der Waals surface area contributed by atoms with E-state index in [-0.39, 0.29) is 30.7 Å². The first-order chi connectivity index (χ1) is 8.28. The van der Waals surface area contributed by atoms with E-state index in [1.165, 1.54) is 0 Å². The zero-order valence-electron chi connectivity index (χ0n) is 10.8. The second-order valence-corrected chi connectivity index (χ2v) is 5.52. The van der Waals surface area contributed by atoms with Crippen molar-refractivity contribution < 1.29 is 19.5 Å². The van der Waals surface area contributed by atoms with E-state index in [4.69, 9.17) is 5.11 Å². The molecule has 1 aliphatic heterocycles. The van der Waals surface area contributed by atoms with Crippen molar-refractivity contribution in [2.75, 3.05) is 6.54 Å². The van der Waals surface area contributed by atoms with E-state index in [1.807, 2.05) is 0 Å². The van der Waals surface area contributed by atoms with Crippen LogP contribution in [0.25, 0.3) is 0 Å². The van der Waals surface area contributed by atoms with Gasteiger partial charge in [-0.2, -0.15) is 0 Å². The fourth-order valence-corrected chi connectivity index (χ4v) is 2.04. The number of rotatable bonds is 5. The molecule has 1 unspecified atom stereocenters. The maximum atomic E-state index is 11.8. The predicted molar refractivity (Wildman–Crippen MR) is 64.8 cm³/mol. The number of carbonyl (C=O) groups excluding carboxylic acids is 2. The lowest BCUT2D eigenvalue weighted by molar-refractivity contribution is -0.139. The molecule has 0 aromatic heterocycles. The van der Waals surface area contributed by atoms with Gasteiger partial charge in [-0.05, 0) is 11.8 Å². The van der Waals surface area contributed by atoms with Crippen LogP contribution in [0.3, 0.4) is 0 Å². The highest BCUT2D eigenvalue weighted by Gasteiger charge is 2.27. The van der Waals surface area contributed by atoms with E-state index in [1.54, 1.807) is 13.8 Å². The highest BCUT2D eigenvalue weighted by Crippen LogP contribution is 2.24. The monoisotopic (exact) mass is 256 g/mol. The molecule has 6 nitrogen and oxygen atoms in total. The molecule has 6 heteroatoms. The van der Waals surface area contributed by atoms with Gasteiger partial charge in [0.1, 0.15) is 0 Å². The van der Waals surface area contributed by atoms with E-state index in [0.29, 0.717) is 19.4 Å². The minimum absolute atomic E-state index is 0.00621. The van der Waals surface area contributed by atoms with Gasteiger partial charge in [-0.1, -0.05) is 13.8 Å². The maximum absolute atomic E-state index is 11.8. The molecule has 2 amide bonds. The Kier molecular flexibility index (Phi) is 4.69. The standard InChI is InChI=1S/C12H20N2O4/c1-12(2,6-11(17)18)5-10(16)14-8-3-4-9(15)13-7-8/h8H,3-7H2,1-2H3,(H,13,15)(H,14,16)(H,17,18). The van der Waals surface area contributed by atoms with Gasteiger partial charge in [0.25, 0.3) is 0 Å². The number of carbonyl (C=O) groups is 3. The molecule has 0 radical (unpaired) electrons. The molecule has 1 aliphatic rings. The van der Waals surface area contributed by atoms with Crippen LogP contribution in [0, 0.1) is 5.41 Å². The van der Waals surface area contributed by atoms with Gasteiger partial charge in [-0.25, -0.2) is 0 Å². The molecule has 0 bridgehead atoms. The molecule has 18 heavy (non-hydrogen) atoms. The first kappa shape index (κ1) is 14.5. The summed E-state index contributed by atoms with van der Waals surface area (Å²) >= 11 is 0. The van der Waals surface area contributed by atoms with Crippen LogP contribution in [0.1, 0.15) is 39.5 Å². The third-order valence-electron chi connectivity index (χ3n) is 2.90. The van der Waals surface area contributed by atoms with Gasteiger partial charge in [0.2, 0.25) is 11.8 Å². The highest BCUT2D eigenvalue weighted by molar-refractivity contribution is 5.79. The van der Waals surface area contributed by atoms with Crippen LogP contribution in [0.5, 0.6) is 0 Å². The Morgan fingerprint density at radius 1 is 1.44 bits per heavy atom. The Bertz CT molecular complexity index is 342. The van der Waals surface area contributed by atoms with Crippen LogP contribution < -0.4 is 10.6 Å². The van der Waals surface area contributed by atoms with Crippen LogP contribution in [0.15, 0.2) is 0 Å². The van der Waals surface area contributed by atoms with Gasteiger partial charge < -0.3 is 15.7 Å². The molecule has 1 saturated heterocycles. The van der Waals surface area contributed by atoms with Crippen molar-refractivity contribution in [2.45, 2.75) is 45.6 Å². The Morgan fingerprint density at radius 3 is 2.61 bits per heavy atom. The van der Waals surface area contributed by atoms with Crippen molar-refractivity contribution in [2.24, 2.45) is 5.41 Å². The SMILES string of the molecule is CC(C)(CC(=O)O)CC(=O)NC1CCC(=O)NC1. The third kappa shape index (κ3) is 5.16. The second-order valence-electron chi connectivity index (χ2n) is 5.52. The van der Waals surface area contributed by atoms with Crippen molar-refractivity contribution in [3.8, 4) is 0 Å². The van der Waals surface area contributed by atoms with Gasteiger partial charge in [-0.15, -0.1) is 0 Å². The molecule has 1 heterocycles. The average molecular weight is 256 g/mol. The highest BCUT2D eigenvalue weighted by atomic mass is 16.4. The zero-order chi connectivity index (χ0) is 13.8. The predicted octanol–water partition coefficient (Wildman–Crippen LogP) is 0.272. The lowest BCUT2D eigenvalue weighted by Crippen LogP contribution is -2.48. The first-order valence-corrected chi connectivity index (χ1v) is 6.06. The summed E-state index contributed by atoms with van der Waals surface area (Å²) in [4.78, 5) is 33.4. The molecular weight excluding hydrogens is 236 g/mol. The Balaban J connectivity index is 2.37. The van der Waals surface area contributed by atoms with Gasteiger partial charge in [0.05, 0.1) is 6.42 Å². The number of hydrogen-bond acceptors (Lipinski definition) is 3. The molecule has 1 atom stereocenters. The number of piperidine rings is 1. The second kappa shape index (κ2) is 5.84. The molecule has 0 spiro atoms. The van der Waals surface area contributed by atoms with E-state index in [2.05, 4.69) is 10.6 Å². The lowest BCUT2D eigenvalue weighted by Gasteiger charge is -2.26. The van der Waals surface area contributed by atoms with Crippen molar-refractivity contribution >= 4 is 17.8 Å². The Labute approximate surface area is 106 Å². The van der Waals surface area contributed by atoms with E-state index >= 15 is 0 Å². The summed E-state index contributed by atoms with van der Waals surface area (Å²) in [5.41, 5.74) is -0.562. The first-order valence-electron chi connectivity index (χ1n) is 6.06. The van der Waals surface area contributed by atoms with E-state index in [9.17, 15) is 14.4 Å². The molecule has 3 N–H and O–H groups in total. The normalized spacial score (nSPS) is 20.1. The molecule has 0 aromatic rings. The molecule has 0 aromatic carbocycles. The van der Waals surface area contributed by atoms with Gasteiger partial charge in [-0.3, -0.25) is 14.4 Å². The molecule has 102 valence electrons. The van der Waals surface area contributed by atoms with Gasteiger partial charge in [0.15, 0.2) is 0 Å². The fraction of sp³-hybridized carbons (Fsp3) is 0.750. The molecule has 1 rings (SSSR count). The summed E-state index contributed by atoms with van der Waals surface area (Å²) in [6.07, 6.45) is 1.19. The van der Waals surface area contributed by atoms with Gasteiger partial charge in [0, 0.05) is 25.4 Å². The average Bonchev–Trinajstić information content (AvgIpc) is 2.18. The minimum Gasteiger partial charge on any atom is -0.481 e. The summed E-state index contributed by atoms with van der Waals surface area (Å²) in [5, 5.41) is 14.2. The Hall–Kier alpha value is -1.59. The smallest absolute Gasteiger partial charge is 0.303 e. The van der Waals surface area contributed by atoms with Crippen LogP contribution in [-0.2, 0) is 14.4 Å². The molecule has 0 aliphatic carbocycles. The topological polar surface area (TPSA) is 95.5 Å². The van der Waals surface area contributed by atoms with Gasteiger partial charge >= 0.3 is 5.97 Å². The summed E-state index contributed by atoms with van der Waals surface area (Å²) in [7, 11) is 0. The maximum Gasteiger partial charge on any atom is 0.303 e. The number of carboxylic acids is 1. The minimum atomic E-state index is -0.905. The lowest BCUT2D eigenvalue weighted by atomic mass is 9.85. The number of amides is 2. The van der Waals surface area contributed by atoms with Crippen molar-refractivity contribution in [3.05, 3.63) is 0 Å². The fourth-order valence-electron chi connectivity index (χ4n) is 2.04. The van der Waals surface area contributed by atoms with Crippen LogP contribution in [0.2, 0.25) is 0 Å². The number of aliphatic carboxylic acids is 1. The summed E-state index contributed by atoms with van der Waals surface area (Å²) < 4.78 is 0. The van der Waals surface area contributed by atoms with Crippen LogP contribution in [0.4, 0.5) is 0 Å². The molecule has 1 fully saturated rings. The number of carboxylic acid groups (broad SMARTS) is 1. The van der Waals surface area contributed by atoms with Crippen molar-refractivity contribution in [1.29, 1.82) is 0 Å². The Morgan fingerprint density at radius 2 is 2.11 bits per heavy atom. The number of nitrogens with one attached hydrogen (secondary N) is 2. The summed E-state index contributed by atoms with van der Waals surface area (Å²) in [6, 6.07) is -0.0455. The molecule has 0 saturated carbocycles.